The van der Waals surface area contributed by atoms with E-state index in [1.54, 1.807) is 6.20 Å². The van der Waals surface area contributed by atoms with Crippen molar-refractivity contribution in [3.8, 4) is 5.75 Å². The standard InChI is InChI=1S/C13H13IN2O/c1-9(10-5-3-2-4-6-10)17-12-7-11(14)8-16-13(12)15/h2-9H,1H3,(H2,15,16). The lowest BCUT2D eigenvalue weighted by atomic mass is 10.1. The van der Waals surface area contributed by atoms with Crippen molar-refractivity contribution in [3.05, 3.63) is 51.7 Å². The van der Waals surface area contributed by atoms with Crippen LogP contribution in [0.1, 0.15) is 18.6 Å². The quantitative estimate of drug-likeness (QED) is 0.871. The van der Waals surface area contributed by atoms with Crippen molar-refractivity contribution in [2.24, 2.45) is 0 Å². The van der Waals surface area contributed by atoms with Gasteiger partial charge >= 0.3 is 0 Å². The SMILES string of the molecule is CC(Oc1cc(I)cnc1N)c1ccccc1. The van der Waals surface area contributed by atoms with Crippen molar-refractivity contribution < 1.29 is 4.74 Å². The lowest BCUT2D eigenvalue weighted by Gasteiger charge is -2.16. The van der Waals surface area contributed by atoms with Gasteiger partial charge in [0.05, 0.1) is 0 Å². The fraction of sp³-hybridized carbons (Fsp3) is 0.154. The van der Waals surface area contributed by atoms with Crippen molar-refractivity contribution in [1.82, 2.24) is 4.98 Å². The largest absolute Gasteiger partial charge is 0.482 e. The van der Waals surface area contributed by atoms with E-state index in [0.717, 1.165) is 9.13 Å². The highest BCUT2D eigenvalue weighted by Crippen LogP contribution is 2.26. The smallest absolute Gasteiger partial charge is 0.166 e. The molecule has 88 valence electrons. The number of pyridine rings is 1. The molecule has 2 aromatic rings. The average molecular weight is 340 g/mol. The normalized spacial score (nSPS) is 12.1. The summed E-state index contributed by atoms with van der Waals surface area (Å²) >= 11 is 2.19. The fourth-order valence-electron chi connectivity index (χ4n) is 1.51. The van der Waals surface area contributed by atoms with Crippen molar-refractivity contribution >= 4 is 28.4 Å². The van der Waals surface area contributed by atoms with E-state index in [-0.39, 0.29) is 6.10 Å². The number of nitrogens with zero attached hydrogens (tertiary/aromatic N) is 1. The molecular formula is C13H13IN2O. The van der Waals surface area contributed by atoms with Gasteiger partial charge in [-0.15, -0.1) is 0 Å². The van der Waals surface area contributed by atoms with Crippen LogP contribution in [0, 0.1) is 3.57 Å². The van der Waals surface area contributed by atoms with Gasteiger partial charge in [-0.1, -0.05) is 30.3 Å². The third-order valence-corrected chi connectivity index (χ3v) is 3.01. The van der Waals surface area contributed by atoms with Gasteiger partial charge in [0.2, 0.25) is 0 Å². The van der Waals surface area contributed by atoms with Crippen LogP contribution in [-0.2, 0) is 0 Å². The van der Waals surface area contributed by atoms with Gasteiger partial charge < -0.3 is 10.5 Å². The van der Waals surface area contributed by atoms with Crippen LogP contribution in [0.15, 0.2) is 42.6 Å². The van der Waals surface area contributed by atoms with Gasteiger partial charge in [-0.25, -0.2) is 4.98 Å². The number of benzene rings is 1. The summed E-state index contributed by atoms with van der Waals surface area (Å²) in [5, 5.41) is 0. The Kier molecular flexibility index (Phi) is 3.83. The molecule has 1 aromatic heterocycles. The maximum Gasteiger partial charge on any atom is 0.166 e. The van der Waals surface area contributed by atoms with E-state index in [2.05, 4.69) is 27.6 Å². The Bertz CT molecular complexity index is 502. The molecule has 0 radical (unpaired) electrons. The van der Waals surface area contributed by atoms with Gasteiger partial charge in [0, 0.05) is 9.77 Å². The zero-order chi connectivity index (χ0) is 12.3. The molecule has 1 atom stereocenters. The number of aromatic nitrogens is 1. The summed E-state index contributed by atoms with van der Waals surface area (Å²) < 4.78 is 6.83. The first-order chi connectivity index (χ1) is 8.16. The second-order valence-electron chi connectivity index (χ2n) is 3.71. The molecule has 17 heavy (non-hydrogen) atoms. The summed E-state index contributed by atoms with van der Waals surface area (Å²) in [5.74, 6) is 1.06. The highest BCUT2D eigenvalue weighted by molar-refractivity contribution is 14.1. The van der Waals surface area contributed by atoms with Gasteiger partial charge in [-0.3, -0.25) is 0 Å². The molecule has 1 aromatic carbocycles. The molecule has 4 heteroatoms. The van der Waals surface area contributed by atoms with E-state index in [1.165, 1.54) is 0 Å². The molecule has 0 amide bonds. The molecule has 0 fully saturated rings. The van der Waals surface area contributed by atoms with E-state index in [1.807, 2.05) is 43.3 Å². The summed E-state index contributed by atoms with van der Waals surface area (Å²) in [5.41, 5.74) is 6.89. The number of hydrogen-bond donors (Lipinski definition) is 1. The Morgan fingerprint density at radius 1 is 1.29 bits per heavy atom. The number of ether oxygens (including phenoxy) is 1. The molecule has 0 saturated heterocycles. The summed E-state index contributed by atoms with van der Waals surface area (Å²) in [6.07, 6.45) is 1.68. The maximum atomic E-state index is 5.82. The van der Waals surface area contributed by atoms with Crippen molar-refractivity contribution in [2.75, 3.05) is 5.73 Å². The van der Waals surface area contributed by atoms with E-state index in [4.69, 9.17) is 10.5 Å². The molecule has 0 saturated carbocycles. The zero-order valence-corrected chi connectivity index (χ0v) is 11.6. The van der Waals surface area contributed by atoms with Crippen LogP contribution in [-0.4, -0.2) is 4.98 Å². The molecule has 1 unspecified atom stereocenters. The molecule has 0 aliphatic carbocycles. The second-order valence-corrected chi connectivity index (χ2v) is 4.95. The second kappa shape index (κ2) is 5.35. The van der Waals surface area contributed by atoms with Crippen LogP contribution in [0.2, 0.25) is 0 Å². The Morgan fingerprint density at radius 3 is 2.71 bits per heavy atom. The maximum absolute atomic E-state index is 5.82. The van der Waals surface area contributed by atoms with E-state index < -0.39 is 0 Å². The van der Waals surface area contributed by atoms with Crippen LogP contribution >= 0.6 is 22.6 Å². The van der Waals surface area contributed by atoms with Crippen molar-refractivity contribution in [1.29, 1.82) is 0 Å². The van der Waals surface area contributed by atoms with Crippen LogP contribution in [0.5, 0.6) is 5.75 Å². The predicted molar refractivity (Wildman–Crippen MR) is 76.9 cm³/mol. The van der Waals surface area contributed by atoms with Gasteiger partial charge in [-0.2, -0.15) is 0 Å². The lowest BCUT2D eigenvalue weighted by Crippen LogP contribution is -2.05. The highest BCUT2D eigenvalue weighted by Gasteiger charge is 2.09. The van der Waals surface area contributed by atoms with E-state index >= 15 is 0 Å². The Labute approximate surface area is 114 Å². The predicted octanol–water partition coefficient (Wildman–Crippen LogP) is 3.41. The van der Waals surface area contributed by atoms with Gasteiger partial charge in [0.1, 0.15) is 6.10 Å². The van der Waals surface area contributed by atoms with Crippen molar-refractivity contribution in [3.63, 3.8) is 0 Å². The number of halogens is 1. The van der Waals surface area contributed by atoms with E-state index in [0.29, 0.717) is 11.6 Å². The Morgan fingerprint density at radius 2 is 2.00 bits per heavy atom. The fourth-order valence-corrected chi connectivity index (χ4v) is 1.93. The molecule has 0 bridgehead atoms. The minimum absolute atomic E-state index is 0.0431. The molecule has 1 heterocycles. The molecular weight excluding hydrogens is 327 g/mol. The number of nitrogen functional groups attached to an aromatic ring is 1. The van der Waals surface area contributed by atoms with Crippen molar-refractivity contribution in [2.45, 2.75) is 13.0 Å². The molecule has 2 rings (SSSR count). The van der Waals surface area contributed by atoms with E-state index in [9.17, 15) is 0 Å². The summed E-state index contributed by atoms with van der Waals surface area (Å²) in [6, 6.07) is 11.9. The third-order valence-electron chi connectivity index (χ3n) is 2.42. The first-order valence-electron chi connectivity index (χ1n) is 5.29. The highest BCUT2D eigenvalue weighted by atomic mass is 127. The van der Waals surface area contributed by atoms with Gasteiger partial charge in [-0.05, 0) is 41.1 Å². The summed E-state index contributed by atoms with van der Waals surface area (Å²) in [7, 11) is 0. The summed E-state index contributed by atoms with van der Waals surface area (Å²) in [6.45, 7) is 1.99. The topological polar surface area (TPSA) is 48.1 Å². The number of nitrogens with two attached hydrogens (primary N) is 1. The first-order valence-corrected chi connectivity index (χ1v) is 6.37. The third kappa shape index (κ3) is 3.09. The number of anilines is 1. The number of hydrogen-bond acceptors (Lipinski definition) is 3. The van der Waals surface area contributed by atoms with Crippen LogP contribution < -0.4 is 10.5 Å². The van der Waals surface area contributed by atoms with Crippen LogP contribution in [0.25, 0.3) is 0 Å². The molecule has 0 spiro atoms. The van der Waals surface area contributed by atoms with Gasteiger partial charge in [0.15, 0.2) is 11.6 Å². The van der Waals surface area contributed by atoms with Gasteiger partial charge in [0.25, 0.3) is 0 Å². The zero-order valence-electron chi connectivity index (χ0n) is 9.43. The Balaban J connectivity index is 2.18. The molecule has 0 aliphatic rings. The molecule has 3 nitrogen and oxygen atoms in total. The average Bonchev–Trinajstić information content (AvgIpc) is 2.35. The minimum atomic E-state index is -0.0431. The molecule has 2 N–H and O–H groups in total. The number of rotatable bonds is 3. The minimum Gasteiger partial charge on any atom is -0.482 e. The summed E-state index contributed by atoms with van der Waals surface area (Å²) in [4.78, 5) is 4.07. The first kappa shape index (κ1) is 12.2. The Hall–Kier alpha value is -1.30. The molecule has 0 aliphatic heterocycles. The lowest BCUT2D eigenvalue weighted by molar-refractivity contribution is 0.227. The van der Waals surface area contributed by atoms with Crippen LogP contribution in [0.3, 0.4) is 0 Å². The van der Waals surface area contributed by atoms with Crippen LogP contribution in [0.4, 0.5) is 5.82 Å². The monoisotopic (exact) mass is 340 g/mol.